The van der Waals surface area contributed by atoms with Gasteiger partial charge in [-0.1, -0.05) is 25.1 Å². The second kappa shape index (κ2) is 5.35. The van der Waals surface area contributed by atoms with E-state index in [0.717, 1.165) is 42.0 Å². The van der Waals surface area contributed by atoms with E-state index in [1.54, 1.807) is 0 Å². The molecule has 3 nitrogen and oxygen atoms in total. The third-order valence-corrected chi connectivity index (χ3v) is 4.15. The van der Waals surface area contributed by atoms with Crippen molar-refractivity contribution in [1.82, 2.24) is 9.88 Å². The van der Waals surface area contributed by atoms with Crippen molar-refractivity contribution >= 4 is 10.9 Å². The second-order valence-corrected chi connectivity index (χ2v) is 5.81. The van der Waals surface area contributed by atoms with Crippen molar-refractivity contribution in [3.8, 4) is 0 Å². The fourth-order valence-electron chi connectivity index (χ4n) is 3.17. The molecule has 1 aliphatic rings. The number of piperidine rings is 1. The summed E-state index contributed by atoms with van der Waals surface area (Å²) in [6, 6.07) is 8.16. The number of hydrogen-bond acceptors (Lipinski definition) is 2. The molecule has 0 unspecified atom stereocenters. The van der Waals surface area contributed by atoms with Gasteiger partial charge in [0.15, 0.2) is 0 Å². The lowest BCUT2D eigenvalue weighted by Gasteiger charge is -2.32. The van der Waals surface area contributed by atoms with E-state index in [-0.39, 0.29) is 0 Å². The van der Waals surface area contributed by atoms with Gasteiger partial charge >= 0.3 is 0 Å². The quantitative estimate of drug-likeness (QED) is 0.888. The molecule has 19 heavy (non-hydrogen) atoms. The average Bonchev–Trinajstić information content (AvgIpc) is 2.82. The summed E-state index contributed by atoms with van der Waals surface area (Å²) >= 11 is 0. The zero-order chi connectivity index (χ0) is 13.2. The van der Waals surface area contributed by atoms with Gasteiger partial charge in [-0.05, 0) is 31.4 Å². The minimum atomic E-state index is -0.401. The van der Waals surface area contributed by atoms with E-state index in [1.807, 2.05) is 18.3 Å². The van der Waals surface area contributed by atoms with Crippen molar-refractivity contribution in [3.63, 3.8) is 0 Å². The Labute approximate surface area is 114 Å². The molecule has 1 saturated heterocycles. The summed E-state index contributed by atoms with van der Waals surface area (Å²) in [4.78, 5) is 5.63. The van der Waals surface area contributed by atoms with Crippen LogP contribution in [0.15, 0.2) is 30.5 Å². The molecule has 0 aliphatic carbocycles. The maximum atomic E-state index is 10.5. The van der Waals surface area contributed by atoms with E-state index in [4.69, 9.17) is 0 Å². The van der Waals surface area contributed by atoms with E-state index >= 15 is 0 Å². The van der Waals surface area contributed by atoms with Crippen LogP contribution in [0.25, 0.3) is 10.9 Å². The van der Waals surface area contributed by atoms with Gasteiger partial charge in [-0.15, -0.1) is 0 Å². The van der Waals surface area contributed by atoms with Crippen LogP contribution >= 0.6 is 0 Å². The normalized spacial score (nSPS) is 22.7. The van der Waals surface area contributed by atoms with Crippen LogP contribution in [0.2, 0.25) is 0 Å². The summed E-state index contributed by atoms with van der Waals surface area (Å²) in [6.45, 7) is 5.26. The third kappa shape index (κ3) is 2.67. The van der Waals surface area contributed by atoms with Crippen LogP contribution in [0.3, 0.4) is 0 Å². The van der Waals surface area contributed by atoms with Gasteiger partial charge in [-0.25, -0.2) is 0 Å². The Morgan fingerprint density at radius 3 is 3.11 bits per heavy atom. The highest BCUT2D eigenvalue weighted by molar-refractivity contribution is 5.83. The third-order valence-electron chi connectivity index (χ3n) is 4.15. The number of benzene rings is 1. The molecule has 2 atom stereocenters. The van der Waals surface area contributed by atoms with E-state index < -0.39 is 6.10 Å². The molecule has 2 heterocycles. The van der Waals surface area contributed by atoms with Gasteiger partial charge in [0.05, 0.1) is 6.10 Å². The van der Waals surface area contributed by atoms with E-state index in [9.17, 15) is 5.11 Å². The van der Waals surface area contributed by atoms with Crippen LogP contribution in [0.5, 0.6) is 0 Å². The number of aliphatic hydroxyl groups excluding tert-OH is 1. The number of fused-ring (bicyclic) bond motifs is 1. The summed E-state index contributed by atoms with van der Waals surface area (Å²) in [7, 11) is 0. The molecule has 0 spiro atoms. The lowest BCUT2D eigenvalue weighted by atomic mass is 9.99. The summed E-state index contributed by atoms with van der Waals surface area (Å²) < 4.78 is 0. The van der Waals surface area contributed by atoms with Crippen molar-refractivity contribution < 1.29 is 5.11 Å². The molecule has 2 aromatic rings. The van der Waals surface area contributed by atoms with Crippen LogP contribution in [0.1, 0.15) is 31.4 Å². The van der Waals surface area contributed by atoms with E-state index in [2.05, 4.69) is 28.9 Å². The van der Waals surface area contributed by atoms with Crippen molar-refractivity contribution in [3.05, 3.63) is 36.0 Å². The molecule has 2 N–H and O–H groups in total. The molecule has 0 bridgehead atoms. The maximum Gasteiger partial charge on any atom is 0.0937 e. The molecule has 0 radical (unpaired) electrons. The smallest absolute Gasteiger partial charge is 0.0937 e. The summed E-state index contributed by atoms with van der Waals surface area (Å²) in [6.07, 6.45) is 4.12. The Balaban J connectivity index is 1.74. The van der Waals surface area contributed by atoms with Crippen molar-refractivity contribution in [2.75, 3.05) is 19.6 Å². The Morgan fingerprint density at radius 2 is 2.26 bits per heavy atom. The van der Waals surface area contributed by atoms with Crippen LogP contribution in [0.4, 0.5) is 0 Å². The van der Waals surface area contributed by atoms with Gasteiger partial charge < -0.3 is 15.0 Å². The molecule has 3 rings (SSSR count). The highest BCUT2D eigenvalue weighted by Crippen LogP contribution is 2.26. The van der Waals surface area contributed by atoms with Crippen molar-refractivity contribution in [1.29, 1.82) is 0 Å². The number of likely N-dealkylation sites (tertiary alicyclic amines) is 1. The number of rotatable bonds is 3. The van der Waals surface area contributed by atoms with Crippen LogP contribution in [-0.4, -0.2) is 34.6 Å². The van der Waals surface area contributed by atoms with Gasteiger partial charge in [0.2, 0.25) is 0 Å². The van der Waals surface area contributed by atoms with Crippen LogP contribution in [0, 0.1) is 5.92 Å². The second-order valence-electron chi connectivity index (χ2n) is 5.81. The highest BCUT2D eigenvalue weighted by atomic mass is 16.3. The van der Waals surface area contributed by atoms with Gasteiger partial charge in [0, 0.05) is 35.8 Å². The Kier molecular flexibility index (Phi) is 3.58. The average molecular weight is 258 g/mol. The summed E-state index contributed by atoms with van der Waals surface area (Å²) in [5.74, 6) is 0.754. The first-order valence-electron chi connectivity index (χ1n) is 7.20. The topological polar surface area (TPSA) is 39.3 Å². The molecule has 1 aliphatic heterocycles. The van der Waals surface area contributed by atoms with Crippen molar-refractivity contribution in [2.24, 2.45) is 5.92 Å². The molecule has 0 saturated carbocycles. The molecule has 102 valence electrons. The lowest BCUT2D eigenvalue weighted by molar-refractivity contribution is 0.0884. The lowest BCUT2D eigenvalue weighted by Crippen LogP contribution is -2.37. The monoisotopic (exact) mass is 258 g/mol. The highest BCUT2D eigenvalue weighted by Gasteiger charge is 2.21. The number of H-pyrrole nitrogens is 1. The standard InChI is InChI=1S/C16H22N2O/c1-12-5-4-8-18(10-12)11-16(19)14-9-17-15-7-3-2-6-13(14)15/h2-3,6-7,9,12,16-17,19H,4-5,8,10-11H2,1H3/t12-,16+/m1/s1. The van der Waals surface area contributed by atoms with E-state index in [1.165, 1.54) is 12.8 Å². The summed E-state index contributed by atoms with van der Waals surface area (Å²) in [5, 5.41) is 11.6. The Bertz CT molecular complexity index is 548. The largest absolute Gasteiger partial charge is 0.387 e. The van der Waals surface area contributed by atoms with Gasteiger partial charge in [-0.2, -0.15) is 0 Å². The van der Waals surface area contributed by atoms with Gasteiger partial charge in [0.1, 0.15) is 0 Å². The molecule has 3 heteroatoms. The first-order chi connectivity index (χ1) is 9.24. The molecule has 1 fully saturated rings. The minimum absolute atomic E-state index is 0.401. The predicted octanol–water partition coefficient (Wildman–Crippen LogP) is 2.93. The first-order valence-corrected chi connectivity index (χ1v) is 7.20. The van der Waals surface area contributed by atoms with E-state index in [0.29, 0.717) is 0 Å². The Morgan fingerprint density at radius 1 is 1.42 bits per heavy atom. The fourth-order valence-corrected chi connectivity index (χ4v) is 3.17. The number of hydrogen-bond donors (Lipinski definition) is 2. The zero-order valence-corrected chi connectivity index (χ0v) is 11.5. The number of aromatic nitrogens is 1. The number of aromatic amines is 1. The SMILES string of the molecule is C[C@@H]1CCCN(C[C@H](O)c2c[nH]c3ccccc23)C1. The zero-order valence-electron chi connectivity index (χ0n) is 11.5. The number of nitrogens with one attached hydrogen (secondary N) is 1. The first kappa shape index (κ1) is 12.7. The minimum Gasteiger partial charge on any atom is -0.387 e. The molecular weight excluding hydrogens is 236 g/mol. The molecular formula is C16H22N2O. The number of aliphatic hydroxyl groups is 1. The number of para-hydroxylation sites is 1. The summed E-state index contributed by atoms with van der Waals surface area (Å²) in [5.41, 5.74) is 2.12. The van der Waals surface area contributed by atoms with Gasteiger partial charge in [0.25, 0.3) is 0 Å². The maximum absolute atomic E-state index is 10.5. The van der Waals surface area contributed by atoms with Gasteiger partial charge in [-0.3, -0.25) is 0 Å². The van der Waals surface area contributed by atoms with Crippen molar-refractivity contribution in [2.45, 2.75) is 25.9 Å². The van der Waals surface area contributed by atoms with Crippen LogP contribution in [-0.2, 0) is 0 Å². The Hall–Kier alpha value is -1.32. The predicted molar refractivity (Wildman–Crippen MR) is 78.1 cm³/mol. The molecule has 1 aromatic heterocycles. The molecule has 0 amide bonds. The van der Waals surface area contributed by atoms with Crippen LogP contribution < -0.4 is 0 Å². The number of nitrogens with zero attached hydrogens (tertiary/aromatic N) is 1. The number of β-amino-alcohol motifs (C(OH)–C–C–N with tert-alkyl or cyclic N) is 1. The fraction of sp³-hybridized carbons (Fsp3) is 0.500. The molecule has 1 aromatic carbocycles.